The van der Waals surface area contributed by atoms with Gasteiger partial charge in [0.1, 0.15) is 0 Å². The van der Waals surface area contributed by atoms with Gasteiger partial charge in [-0.05, 0) is 11.3 Å². The quantitative estimate of drug-likeness (QED) is 0.497. The molecule has 1 aromatic heterocycles. The number of primary amides is 1. The van der Waals surface area contributed by atoms with Crippen LogP contribution in [0.5, 0.6) is 0 Å². The maximum Gasteiger partial charge on any atom is 0.241 e. The van der Waals surface area contributed by atoms with Crippen LogP contribution in [-0.2, 0) is 4.79 Å². The van der Waals surface area contributed by atoms with Crippen LogP contribution in [0.4, 0.5) is 0 Å². The Morgan fingerprint density at radius 1 is 1.70 bits per heavy atom. The molecule has 0 saturated heterocycles. The molecule has 0 aromatic carbocycles. The summed E-state index contributed by atoms with van der Waals surface area (Å²) in [5.74, 6) is -0.205. The van der Waals surface area contributed by atoms with E-state index in [2.05, 4.69) is 20.6 Å². The van der Waals surface area contributed by atoms with Gasteiger partial charge in [-0.1, -0.05) is 0 Å². The van der Waals surface area contributed by atoms with Gasteiger partial charge in [0.05, 0.1) is 0 Å². The molecule has 1 amide bonds. The van der Waals surface area contributed by atoms with Crippen LogP contribution in [0.25, 0.3) is 6.08 Å². The van der Waals surface area contributed by atoms with Crippen LogP contribution in [-0.4, -0.2) is 26.5 Å². The first-order valence-electron chi connectivity index (χ1n) is 2.50. The highest BCUT2D eigenvalue weighted by Gasteiger charge is 1.89. The number of hydrogen-bond donors (Lipinski definition) is 2. The summed E-state index contributed by atoms with van der Waals surface area (Å²) in [5.41, 5.74) is 4.80. The van der Waals surface area contributed by atoms with Crippen molar-refractivity contribution in [3.63, 3.8) is 0 Å². The van der Waals surface area contributed by atoms with E-state index in [1.165, 1.54) is 6.08 Å². The van der Waals surface area contributed by atoms with Gasteiger partial charge in [-0.25, -0.2) is 0 Å². The van der Waals surface area contributed by atoms with Crippen LogP contribution in [0.15, 0.2) is 6.08 Å². The largest absolute Gasteiger partial charge is 0.366 e. The molecule has 52 valence electrons. The predicted molar refractivity (Wildman–Crippen MR) is 32.4 cm³/mol. The van der Waals surface area contributed by atoms with Gasteiger partial charge in [0.15, 0.2) is 5.82 Å². The SMILES string of the molecule is NC(=O)C=Cc1nn[nH]n1. The van der Waals surface area contributed by atoms with Crippen LogP contribution in [0, 0.1) is 0 Å². The van der Waals surface area contributed by atoms with Gasteiger partial charge in [-0.2, -0.15) is 5.21 Å². The molecule has 6 nitrogen and oxygen atoms in total. The molecule has 0 aliphatic carbocycles. The van der Waals surface area contributed by atoms with E-state index in [0.717, 1.165) is 6.08 Å². The average molecular weight is 139 g/mol. The fourth-order valence-corrected chi connectivity index (χ4v) is 0.397. The lowest BCUT2D eigenvalue weighted by Gasteiger charge is -1.75. The summed E-state index contributed by atoms with van der Waals surface area (Å²) in [6.45, 7) is 0. The molecule has 0 atom stereocenters. The Bertz CT molecular complexity index is 238. The zero-order valence-electron chi connectivity index (χ0n) is 4.98. The summed E-state index contributed by atoms with van der Waals surface area (Å²) in [4.78, 5) is 10.1. The molecule has 1 rings (SSSR count). The summed E-state index contributed by atoms with van der Waals surface area (Å²) >= 11 is 0. The van der Waals surface area contributed by atoms with Crippen molar-refractivity contribution in [1.29, 1.82) is 0 Å². The molecule has 6 heteroatoms. The molecule has 0 saturated carbocycles. The second-order valence-corrected chi connectivity index (χ2v) is 1.51. The average Bonchev–Trinajstić information content (AvgIpc) is 2.34. The lowest BCUT2D eigenvalue weighted by Crippen LogP contribution is -2.05. The summed E-state index contributed by atoms with van der Waals surface area (Å²) in [6.07, 6.45) is 2.52. The van der Waals surface area contributed by atoms with E-state index in [0.29, 0.717) is 5.82 Å². The van der Waals surface area contributed by atoms with Gasteiger partial charge >= 0.3 is 0 Å². The van der Waals surface area contributed by atoms with E-state index in [1.54, 1.807) is 0 Å². The van der Waals surface area contributed by atoms with Crippen molar-refractivity contribution in [1.82, 2.24) is 20.6 Å². The van der Waals surface area contributed by atoms with Crippen LogP contribution in [0.3, 0.4) is 0 Å². The van der Waals surface area contributed by atoms with E-state index in [4.69, 9.17) is 5.73 Å². The van der Waals surface area contributed by atoms with Crippen LogP contribution < -0.4 is 5.73 Å². The molecule has 0 spiro atoms. The minimum absolute atomic E-state index is 0.332. The highest BCUT2D eigenvalue weighted by molar-refractivity contribution is 5.89. The van der Waals surface area contributed by atoms with Crippen LogP contribution in [0.2, 0.25) is 0 Å². The van der Waals surface area contributed by atoms with Gasteiger partial charge in [0, 0.05) is 6.08 Å². The van der Waals surface area contributed by atoms with Gasteiger partial charge < -0.3 is 5.73 Å². The van der Waals surface area contributed by atoms with E-state index < -0.39 is 5.91 Å². The van der Waals surface area contributed by atoms with Gasteiger partial charge in [-0.3, -0.25) is 4.79 Å². The fraction of sp³-hybridized carbons (Fsp3) is 0. The van der Waals surface area contributed by atoms with Gasteiger partial charge in [0.25, 0.3) is 0 Å². The molecule has 0 radical (unpaired) electrons. The van der Waals surface area contributed by atoms with Crippen molar-refractivity contribution in [3.8, 4) is 0 Å². The predicted octanol–water partition coefficient (Wildman–Crippen LogP) is -1.30. The van der Waals surface area contributed by atoms with Crippen molar-refractivity contribution >= 4 is 12.0 Å². The number of nitrogens with two attached hydrogens (primary N) is 1. The van der Waals surface area contributed by atoms with E-state index in [9.17, 15) is 4.79 Å². The Balaban J connectivity index is 2.64. The van der Waals surface area contributed by atoms with Crippen molar-refractivity contribution in [2.45, 2.75) is 0 Å². The molecular weight excluding hydrogens is 134 g/mol. The Morgan fingerprint density at radius 2 is 2.50 bits per heavy atom. The molecule has 3 N–H and O–H groups in total. The molecule has 0 aliphatic rings. The standard InChI is InChI=1S/C4H5N5O/c5-3(10)1-2-4-6-8-9-7-4/h1-2H,(H2,5,10)(H,6,7,8,9). The van der Waals surface area contributed by atoms with E-state index >= 15 is 0 Å². The number of carbonyl (C=O) groups is 1. The lowest BCUT2D eigenvalue weighted by molar-refractivity contribution is -0.113. The number of tetrazole rings is 1. The molecule has 10 heavy (non-hydrogen) atoms. The highest BCUT2D eigenvalue weighted by Crippen LogP contribution is 1.85. The minimum Gasteiger partial charge on any atom is -0.366 e. The summed E-state index contributed by atoms with van der Waals surface area (Å²) in [7, 11) is 0. The molecule has 1 heterocycles. The zero-order chi connectivity index (χ0) is 7.40. The Morgan fingerprint density at radius 3 is 3.00 bits per heavy atom. The zero-order valence-corrected chi connectivity index (χ0v) is 4.98. The molecule has 0 fully saturated rings. The Labute approximate surface area is 56.1 Å². The number of amides is 1. The molecule has 0 aliphatic heterocycles. The number of nitrogens with zero attached hydrogens (tertiary/aromatic N) is 3. The number of aromatic amines is 1. The van der Waals surface area contributed by atoms with Crippen molar-refractivity contribution < 1.29 is 4.79 Å². The fourth-order valence-electron chi connectivity index (χ4n) is 0.397. The first-order valence-corrected chi connectivity index (χ1v) is 2.50. The van der Waals surface area contributed by atoms with Crippen LogP contribution in [0.1, 0.15) is 5.82 Å². The number of H-pyrrole nitrogens is 1. The first kappa shape index (κ1) is 6.40. The minimum atomic E-state index is -0.537. The second-order valence-electron chi connectivity index (χ2n) is 1.51. The smallest absolute Gasteiger partial charge is 0.241 e. The van der Waals surface area contributed by atoms with E-state index in [-0.39, 0.29) is 0 Å². The maximum atomic E-state index is 10.1. The third-order valence-electron chi connectivity index (χ3n) is 0.758. The van der Waals surface area contributed by atoms with E-state index in [1.807, 2.05) is 0 Å². The van der Waals surface area contributed by atoms with Gasteiger partial charge in [0.2, 0.25) is 5.91 Å². The number of nitrogens with one attached hydrogen (secondary N) is 1. The van der Waals surface area contributed by atoms with Crippen molar-refractivity contribution in [2.75, 3.05) is 0 Å². The summed E-state index contributed by atoms with van der Waals surface area (Å²) < 4.78 is 0. The number of aromatic nitrogens is 4. The van der Waals surface area contributed by atoms with Crippen LogP contribution >= 0.6 is 0 Å². The lowest BCUT2D eigenvalue weighted by atomic mass is 10.5. The summed E-state index contributed by atoms with van der Waals surface area (Å²) in [5, 5.41) is 12.6. The second kappa shape index (κ2) is 2.72. The third kappa shape index (κ3) is 1.66. The number of carbonyl (C=O) groups excluding carboxylic acids is 1. The van der Waals surface area contributed by atoms with Gasteiger partial charge in [-0.15, -0.1) is 10.2 Å². The molecule has 1 aromatic rings. The summed E-state index contributed by atoms with van der Waals surface area (Å²) in [6, 6.07) is 0. The molecular formula is C4H5N5O. The molecule has 0 bridgehead atoms. The Hall–Kier alpha value is -1.72. The number of rotatable bonds is 2. The van der Waals surface area contributed by atoms with Crippen molar-refractivity contribution in [3.05, 3.63) is 11.9 Å². The third-order valence-corrected chi connectivity index (χ3v) is 0.758. The molecule has 0 unspecified atom stereocenters. The normalized spacial score (nSPS) is 10.4. The first-order chi connectivity index (χ1) is 4.79. The van der Waals surface area contributed by atoms with Crippen molar-refractivity contribution in [2.24, 2.45) is 5.73 Å². The Kier molecular flexibility index (Phi) is 1.74. The monoisotopic (exact) mass is 139 g/mol. The number of hydrogen-bond acceptors (Lipinski definition) is 4. The maximum absolute atomic E-state index is 10.1. The topological polar surface area (TPSA) is 97.5 Å². The highest BCUT2D eigenvalue weighted by atomic mass is 16.1.